The molecule has 0 saturated carbocycles. The maximum absolute atomic E-state index is 12.5. The topological polar surface area (TPSA) is 97.6 Å². The molecule has 0 aliphatic rings. The molecule has 0 aliphatic heterocycles. The number of aromatic hydroxyl groups is 1. The Hall–Kier alpha value is -3.87. The molecule has 1 amide bonds. The Morgan fingerprint density at radius 3 is 2.28 bits per heavy atom. The number of rotatable bonds is 6. The monoisotopic (exact) mass is 392 g/mol. The van der Waals surface area contributed by atoms with Crippen molar-refractivity contribution in [3.63, 3.8) is 0 Å². The third-order valence-corrected chi connectivity index (χ3v) is 4.42. The van der Waals surface area contributed by atoms with Gasteiger partial charge in [-0.3, -0.25) is 19.7 Å². The minimum Gasteiger partial charge on any atom is -0.508 e. The Bertz CT molecular complexity index is 1050. The molecule has 1 aromatic heterocycles. The Labute approximate surface area is 167 Å². The lowest BCUT2D eigenvalue weighted by atomic mass is 10.1. The minimum atomic E-state index is -0.662. The summed E-state index contributed by atoms with van der Waals surface area (Å²) in [5.74, 6) is -1.32. The Morgan fingerprint density at radius 2 is 1.62 bits per heavy atom. The number of carbonyl (C=O) groups excluding carboxylic acids is 3. The van der Waals surface area contributed by atoms with Crippen molar-refractivity contribution in [3.05, 3.63) is 88.7 Å². The van der Waals surface area contributed by atoms with E-state index >= 15 is 0 Å². The van der Waals surface area contributed by atoms with E-state index in [9.17, 15) is 19.5 Å². The van der Waals surface area contributed by atoms with E-state index in [1.807, 2.05) is 6.07 Å². The number of ketones is 1. The van der Waals surface area contributed by atoms with Gasteiger partial charge in [-0.1, -0.05) is 18.2 Å². The summed E-state index contributed by atoms with van der Waals surface area (Å²) in [6, 6.07) is 15.9. The third-order valence-electron chi connectivity index (χ3n) is 4.42. The normalized spacial score (nSPS) is 10.4. The lowest BCUT2D eigenvalue weighted by Gasteiger charge is -2.11. The van der Waals surface area contributed by atoms with Crippen LogP contribution in [0.3, 0.4) is 0 Å². The molecule has 7 nitrogen and oxygen atoms in total. The summed E-state index contributed by atoms with van der Waals surface area (Å²) in [7, 11) is 0. The maximum atomic E-state index is 12.5. The summed E-state index contributed by atoms with van der Waals surface area (Å²) in [6.45, 7) is 3.03. The average Bonchev–Trinajstić information content (AvgIpc) is 3.01. The van der Waals surface area contributed by atoms with E-state index in [0.29, 0.717) is 22.5 Å². The van der Waals surface area contributed by atoms with Crippen LogP contribution in [0.25, 0.3) is 0 Å². The van der Waals surface area contributed by atoms with E-state index in [4.69, 9.17) is 4.74 Å². The molecule has 2 aromatic carbocycles. The van der Waals surface area contributed by atoms with Gasteiger partial charge < -0.3 is 9.84 Å². The zero-order chi connectivity index (χ0) is 21.0. The largest absolute Gasteiger partial charge is 0.508 e. The first kappa shape index (κ1) is 19.9. The van der Waals surface area contributed by atoms with Crippen LogP contribution < -0.4 is 5.43 Å². The number of hydrogen-bond donors (Lipinski definition) is 2. The van der Waals surface area contributed by atoms with Gasteiger partial charge in [0.1, 0.15) is 5.75 Å². The molecule has 0 spiro atoms. The number of aryl methyl sites for hydroxylation is 1. The van der Waals surface area contributed by atoms with E-state index in [0.717, 1.165) is 0 Å². The van der Waals surface area contributed by atoms with Crippen LogP contribution in [-0.4, -0.2) is 34.0 Å². The van der Waals surface area contributed by atoms with E-state index in [1.165, 1.54) is 28.9 Å². The van der Waals surface area contributed by atoms with Gasteiger partial charge in [0.2, 0.25) is 5.78 Å². The highest BCUT2D eigenvalue weighted by molar-refractivity contribution is 6.02. The molecule has 0 saturated heterocycles. The molecule has 3 aromatic rings. The number of nitrogens with one attached hydrogen (secondary N) is 1. The lowest BCUT2D eigenvalue weighted by molar-refractivity contribution is 0.0474. The van der Waals surface area contributed by atoms with Crippen LogP contribution in [0.2, 0.25) is 0 Å². The molecule has 0 atom stereocenters. The maximum Gasteiger partial charge on any atom is 0.338 e. The van der Waals surface area contributed by atoms with Crippen LogP contribution in [0, 0.1) is 13.8 Å². The van der Waals surface area contributed by atoms with Gasteiger partial charge in [0.25, 0.3) is 5.91 Å². The number of Topliss-reactive ketones (excluding diaryl/α,β-unsaturated/α-hetero) is 1. The second-order valence-electron chi connectivity index (χ2n) is 6.47. The number of hydrogen-bond acceptors (Lipinski definition) is 5. The van der Waals surface area contributed by atoms with Gasteiger partial charge in [-0.05, 0) is 56.3 Å². The summed E-state index contributed by atoms with van der Waals surface area (Å²) < 4.78 is 6.60. The average molecular weight is 392 g/mol. The van der Waals surface area contributed by atoms with Crippen LogP contribution in [0.5, 0.6) is 5.75 Å². The van der Waals surface area contributed by atoms with Gasteiger partial charge in [0.05, 0.1) is 5.56 Å². The smallest absolute Gasteiger partial charge is 0.338 e. The number of phenols is 1. The number of aromatic nitrogens is 1. The van der Waals surface area contributed by atoms with Crippen molar-refractivity contribution in [2.75, 3.05) is 12.0 Å². The predicted molar refractivity (Wildman–Crippen MR) is 107 cm³/mol. The van der Waals surface area contributed by atoms with E-state index < -0.39 is 12.6 Å². The highest BCUT2D eigenvalue weighted by Gasteiger charge is 2.19. The van der Waals surface area contributed by atoms with Crippen molar-refractivity contribution in [2.24, 2.45) is 0 Å². The number of benzene rings is 2. The number of phenolic OH excluding ortho intramolecular Hbond substituents is 1. The molecule has 0 fully saturated rings. The van der Waals surface area contributed by atoms with Crippen LogP contribution in [0.15, 0.2) is 60.7 Å². The Balaban J connectivity index is 1.68. The second-order valence-corrected chi connectivity index (χ2v) is 6.47. The quantitative estimate of drug-likeness (QED) is 0.496. The second kappa shape index (κ2) is 8.43. The number of carbonyl (C=O) groups is 3. The molecule has 2 N–H and O–H groups in total. The molecule has 0 unspecified atom stereocenters. The summed E-state index contributed by atoms with van der Waals surface area (Å²) in [5.41, 5.74) is 5.05. The summed E-state index contributed by atoms with van der Waals surface area (Å²) in [4.78, 5) is 37.0. The molecule has 3 rings (SSSR count). The molecule has 0 aliphatic carbocycles. The highest BCUT2D eigenvalue weighted by atomic mass is 16.5. The van der Waals surface area contributed by atoms with Crippen molar-refractivity contribution in [3.8, 4) is 5.75 Å². The molecule has 0 bridgehead atoms. The number of ether oxygens (including phenoxy) is 1. The van der Waals surface area contributed by atoms with Gasteiger partial charge in [-0.15, -0.1) is 0 Å². The number of nitrogens with zero attached hydrogens (tertiary/aromatic N) is 1. The molecule has 0 radical (unpaired) electrons. The number of esters is 1. The van der Waals surface area contributed by atoms with Gasteiger partial charge in [-0.25, -0.2) is 4.79 Å². The van der Waals surface area contributed by atoms with E-state index in [-0.39, 0.29) is 23.0 Å². The van der Waals surface area contributed by atoms with Crippen LogP contribution >= 0.6 is 0 Å². The fraction of sp³-hybridized carbons (Fsp3) is 0.136. The molecule has 7 heteroatoms. The van der Waals surface area contributed by atoms with E-state index in [2.05, 4.69) is 5.43 Å². The number of amides is 1. The Kier molecular flexibility index (Phi) is 5.78. The summed E-state index contributed by atoms with van der Waals surface area (Å²) in [6.07, 6.45) is 0. The zero-order valence-electron chi connectivity index (χ0n) is 16.0. The van der Waals surface area contributed by atoms with Crippen molar-refractivity contribution in [1.29, 1.82) is 0 Å². The minimum absolute atomic E-state index is 0.0302. The molecule has 29 heavy (non-hydrogen) atoms. The van der Waals surface area contributed by atoms with Gasteiger partial charge in [-0.2, -0.15) is 0 Å². The fourth-order valence-corrected chi connectivity index (χ4v) is 2.86. The first-order chi connectivity index (χ1) is 13.9. The first-order valence-electron chi connectivity index (χ1n) is 8.91. The van der Waals surface area contributed by atoms with Crippen LogP contribution in [0.4, 0.5) is 0 Å². The summed E-state index contributed by atoms with van der Waals surface area (Å²) in [5, 5.41) is 9.26. The van der Waals surface area contributed by atoms with Crippen LogP contribution in [0.1, 0.15) is 42.5 Å². The van der Waals surface area contributed by atoms with Crippen molar-refractivity contribution < 1.29 is 24.2 Å². The molecular formula is C22H20N2O5. The lowest BCUT2D eigenvalue weighted by Crippen LogP contribution is -2.25. The zero-order valence-corrected chi connectivity index (χ0v) is 16.0. The summed E-state index contributed by atoms with van der Waals surface area (Å²) >= 11 is 0. The standard InChI is InChI=1S/C22H20N2O5/c1-14-12-19(15(2)24(14)23-21(27)16-6-4-3-5-7-16)20(26)13-29-22(28)17-8-10-18(25)11-9-17/h3-12,25H,13H2,1-2H3,(H,23,27). The Morgan fingerprint density at radius 1 is 0.966 bits per heavy atom. The van der Waals surface area contributed by atoms with E-state index in [1.54, 1.807) is 44.2 Å². The first-order valence-corrected chi connectivity index (χ1v) is 8.91. The molecule has 148 valence electrons. The van der Waals surface area contributed by atoms with Gasteiger partial charge in [0, 0.05) is 22.5 Å². The predicted octanol–water partition coefficient (Wildman–Crippen LogP) is 3.23. The van der Waals surface area contributed by atoms with Gasteiger partial charge in [0.15, 0.2) is 6.61 Å². The SMILES string of the molecule is Cc1cc(C(=O)COC(=O)c2ccc(O)cc2)c(C)n1NC(=O)c1ccccc1. The highest BCUT2D eigenvalue weighted by Crippen LogP contribution is 2.16. The molecule has 1 heterocycles. The molecular weight excluding hydrogens is 372 g/mol. The van der Waals surface area contributed by atoms with Crippen molar-refractivity contribution in [1.82, 2.24) is 4.68 Å². The third kappa shape index (κ3) is 4.52. The van der Waals surface area contributed by atoms with Crippen LogP contribution in [-0.2, 0) is 4.74 Å². The fourth-order valence-electron chi connectivity index (χ4n) is 2.86. The van der Waals surface area contributed by atoms with Crippen molar-refractivity contribution in [2.45, 2.75) is 13.8 Å². The van der Waals surface area contributed by atoms with Crippen molar-refractivity contribution >= 4 is 17.7 Å². The van der Waals surface area contributed by atoms with Gasteiger partial charge >= 0.3 is 5.97 Å².